The molecule has 96 valence electrons. The fraction of sp³-hybridized carbons (Fsp3) is 0.133. The molecule has 3 rings (SSSR count). The summed E-state index contributed by atoms with van der Waals surface area (Å²) in [6.07, 6.45) is 1.68. The van der Waals surface area contributed by atoms with Crippen LogP contribution in [0.4, 0.5) is 5.69 Å². The van der Waals surface area contributed by atoms with Crippen LogP contribution in [0.15, 0.2) is 36.5 Å². The van der Waals surface area contributed by atoms with E-state index >= 15 is 0 Å². The maximum absolute atomic E-state index is 6.07. The van der Waals surface area contributed by atoms with Gasteiger partial charge in [0.15, 0.2) is 0 Å². The number of nitrogen functional groups attached to an aromatic ring is 1. The first-order valence-corrected chi connectivity index (χ1v) is 6.42. The van der Waals surface area contributed by atoms with E-state index in [1.165, 1.54) is 0 Å². The lowest BCUT2D eigenvalue weighted by atomic mass is 10.1. The smallest absolute Gasteiger partial charge is 0.0727 e. The van der Waals surface area contributed by atoms with E-state index < -0.39 is 0 Å². The molecule has 2 aromatic heterocycles. The number of nitrogens with two attached hydrogens (primary N) is 1. The van der Waals surface area contributed by atoms with Crippen molar-refractivity contribution < 1.29 is 0 Å². The van der Waals surface area contributed by atoms with E-state index in [4.69, 9.17) is 17.3 Å². The molecule has 0 radical (unpaired) electrons. The molecule has 19 heavy (non-hydrogen) atoms. The number of benzene rings is 1. The van der Waals surface area contributed by atoms with Gasteiger partial charge in [-0.2, -0.15) is 0 Å². The second kappa shape index (κ2) is 4.28. The molecule has 0 saturated carbocycles. The minimum absolute atomic E-state index is 0.671. The highest BCUT2D eigenvalue weighted by molar-refractivity contribution is 6.31. The number of hydrogen-bond donors (Lipinski definition) is 1. The summed E-state index contributed by atoms with van der Waals surface area (Å²) in [6.45, 7) is 2.08. The van der Waals surface area contributed by atoms with Crippen LogP contribution in [-0.4, -0.2) is 9.55 Å². The van der Waals surface area contributed by atoms with Gasteiger partial charge < -0.3 is 10.3 Å². The molecule has 3 nitrogen and oxygen atoms in total. The van der Waals surface area contributed by atoms with Crippen LogP contribution in [-0.2, 0) is 7.05 Å². The van der Waals surface area contributed by atoms with Crippen molar-refractivity contribution in [3.05, 3.63) is 47.2 Å². The van der Waals surface area contributed by atoms with E-state index in [0.717, 1.165) is 32.9 Å². The van der Waals surface area contributed by atoms with Gasteiger partial charge in [-0.1, -0.05) is 17.7 Å². The Hall–Kier alpha value is -2.00. The molecule has 0 amide bonds. The Morgan fingerprint density at radius 3 is 2.68 bits per heavy atom. The SMILES string of the molecule is Cc1c(-c2ccc(N)cn2)c2ccc(Cl)cc2n1C. The molecule has 0 aliphatic heterocycles. The van der Waals surface area contributed by atoms with Crippen LogP contribution in [0.3, 0.4) is 0 Å². The zero-order valence-corrected chi connectivity index (χ0v) is 11.6. The Bertz CT molecular complexity index is 757. The molecule has 0 aliphatic carbocycles. The van der Waals surface area contributed by atoms with E-state index in [-0.39, 0.29) is 0 Å². The zero-order valence-electron chi connectivity index (χ0n) is 10.8. The van der Waals surface area contributed by atoms with Crippen LogP contribution in [0, 0.1) is 6.92 Å². The van der Waals surface area contributed by atoms with Gasteiger partial charge in [-0.25, -0.2) is 0 Å². The molecule has 1 aromatic carbocycles. The number of halogens is 1. The first-order valence-electron chi connectivity index (χ1n) is 6.04. The molecule has 3 aromatic rings. The molecule has 2 heterocycles. The largest absolute Gasteiger partial charge is 0.397 e. The van der Waals surface area contributed by atoms with Crippen LogP contribution in [0.1, 0.15) is 5.69 Å². The van der Waals surface area contributed by atoms with Crippen molar-refractivity contribution in [2.24, 2.45) is 7.05 Å². The predicted molar refractivity (Wildman–Crippen MR) is 80.3 cm³/mol. The standard InChI is InChI=1S/C15H14ClN3/c1-9-15(13-6-4-11(17)8-18-13)12-5-3-10(16)7-14(12)19(9)2/h3-8H,17H2,1-2H3. The van der Waals surface area contributed by atoms with Crippen LogP contribution < -0.4 is 5.73 Å². The number of aryl methyl sites for hydroxylation is 1. The summed E-state index contributed by atoms with van der Waals surface area (Å²) >= 11 is 6.07. The lowest BCUT2D eigenvalue weighted by Gasteiger charge is -2.02. The maximum atomic E-state index is 6.07. The molecule has 0 fully saturated rings. The Kier molecular flexibility index (Phi) is 2.72. The topological polar surface area (TPSA) is 43.8 Å². The van der Waals surface area contributed by atoms with Gasteiger partial charge in [-0.15, -0.1) is 0 Å². The van der Waals surface area contributed by atoms with Gasteiger partial charge in [0.25, 0.3) is 0 Å². The fourth-order valence-electron chi connectivity index (χ4n) is 2.41. The van der Waals surface area contributed by atoms with Crippen molar-refractivity contribution in [1.29, 1.82) is 0 Å². The van der Waals surface area contributed by atoms with Crippen molar-refractivity contribution in [3.63, 3.8) is 0 Å². The minimum atomic E-state index is 0.671. The number of rotatable bonds is 1. The molecular formula is C15H14ClN3. The van der Waals surface area contributed by atoms with Crippen LogP contribution in [0.5, 0.6) is 0 Å². The summed E-state index contributed by atoms with van der Waals surface area (Å²) in [7, 11) is 2.04. The fourth-order valence-corrected chi connectivity index (χ4v) is 2.58. The van der Waals surface area contributed by atoms with Crippen molar-refractivity contribution in [2.75, 3.05) is 5.73 Å². The molecule has 0 atom stereocenters. The third-order valence-corrected chi connectivity index (χ3v) is 3.73. The van der Waals surface area contributed by atoms with E-state index in [0.29, 0.717) is 5.69 Å². The quantitative estimate of drug-likeness (QED) is 0.732. The molecule has 0 bridgehead atoms. The van der Waals surface area contributed by atoms with Crippen LogP contribution >= 0.6 is 11.6 Å². The maximum Gasteiger partial charge on any atom is 0.0727 e. The Balaban J connectivity index is 2.35. The van der Waals surface area contributed by atoms with Gasteiger partial charge >= 0.3 is 0 Å². The molecular weight excluding hydrogens is 258 g/mol. The van der Waals surface area contributed by atoms with Crippen LogP contribution in [0.2, 0.25) is 5.02 Å². The molecule has 4 heteroatoms. The van der Waals surface area contributed by atoms with Gasteiger partial charge in [0, 0.05) is 28.7 Å². The third-order valence-electron chi connectivity index (χ3n) is 3.50. The summed E-state index contributed by atoms with van der Waals surface area (Å²) in [5.74, 6) is 0. The highest BCUT2D eigenvalue weighted by atomic mass is 35.5. The van der Waals surface area contributed by atoms with Gasteiger partial charge in [0.2, 0.25) is 0 Å². The van der Waals surface area contributed by atoms with Crippen LogP contribution in [0.25, 0.3) is 22.2 Å². The Morgan fingerprint density at radius 1 is 1.21 bits per heavy atom. The average molecular weight is 272 g/mol. The number of hydrogen-bond acceptors (Lipinski definition) is 2. The number of fused-ring (bicyclic) bond motifs is 1. The summed E-state index contributed by atoms with van der Waals surface area (Å²) in [4.78, 5) is 4.42. The van der Waals surface area contributed by atoms with E-state index in [1.54, 1.807) is 6.20 Å². The third kappa shape index (κ3) is 1.87. The summed E-state index contributed by atoms with van der Waals surface area (Å²) in [5.41, 5.74) is 10.7. The number of anilines is 1. The Labute approximate surface area is 116 Å². The predicted octanol–water partition coefficient (Wildman–Crippen LogP) is 3.78. The summed E-state index contributed by atoms with van der Waals surface area (Å²) in [6, 6.07) is 9.75. The van der Waals surface area contributed by atoms with Crippen molar-refractivity contribution >= 4 is 28.2 Å². The number of pyridine rings is 1. The first-order chi connectivity index (χ1) is 9.08. The average Bonchev–Trinajstić information content (AvgIpc) is 2.64. The van der Waals surface area contributed by atoms with E-state index in [1.807, 2.05) is 37.4 Å². The lowest BCUT2D eigenvalue weighted by molar-refractivity contribution is 0.919. The van der Waals surface area contributed by atoms with Crippen molar-refractivity contribution in [3.8, 4) is 11.3 Å². The number of nitrogens with zero attached hydrogens (tertiary/aromatic N) is 2. The molecule has 2 N–H and O–H groups in total. The highest BCUT2D eigenvalue weighted by Gasteiger charge is 2.14. The zero-order chi connectivity index (χ0) is 13.6. The van der Waals surface area contributed by atoms with Gasteiger partial charge in [0.05, 0.1) is 23.1 Å². The van der Waals surface area contributed by atoms with Gasteiger partial charge in [0.1, 0.15) is 0 Å². The van der Waals surface area contributed by atoms with Crippen molar-refractivity contribution in [1.82, 2.24) is 9.55 Å². The van der Waals surface area contributed by atoms with E-state index in [9.17, 15) is 0 Å². The molecule has 0 aliphatic rings. The number of aromatic nitrogens is 2. The highest BCUT2D eigenvalue weighted by Crippen LogP contribution is 2.34. The van der Waals surface area contributed by atoms with Gasteiger partial charge in [-0.05, 0) is 31.2 Å². The second-order valence-corrected chi connectivity index (χ2v) is 5.09. The molecule has 0 spiro atoms. The normalized spacial score (nSPS) is 11.1. The molecule has 0 unspecified atom stereocenters. The monoisotopic (exact) mass is 271 g/mol. The van der Waals surface area contributed by atoms with E-state index in [2.05, 4.69) is 16.5 Å². The van der Waals surface area contributed by atoms with Crippen molar-refractivity contribution in [2.45, 2.75) is 6.92 Å². The first kappa shape index (κ1) is 12.1. The summed E-state index contributed by atoms with van der Waals surface area (Å²) < 4.78 is 2.13. The lowest BCUT2D eigenvalue weighted by Crippen LogP contribution is -1.92. The second-order valence-electron chi connectivity index (χ2n) is 4.66. The van der Waals surface area contributed by atoms with Gasteiger partial charge in [-0.3, -0.25) is 4.98 Å². The molecule has 0 saturated heterocycles. The summed E-state index contributed by atoms with van der Waals surface area (Å²) in [5, 5.41) is 1.89. The Morgan fingerprint density at radius 2 is 2.00 bits per heavy atom. The minimum Gasteiger partial charge on any atom is -0.397 e.